The molecular weight excluding hydrogens is 324 g/mol. The molecule has 0 amide bonds. The van der Waals surface area contributed by atoms with Crippen molar-refractivity contribution in [3.8, 4) is 5.75 Å². The lowest BCUT2D eigenvalue weighted by atomic mass is 10.2. The smallest absolute Gasteiger partial charge is 0.264 e. The van der Waals surface area contributed by atoms with Crippen LogP contribution >= 0.6 is 15.9 Å². The standard InChI is InChI=1S/C11H13BrO5S/c1-18(13,14)17-11-7-15-6-10(11)16-9-4-2-8(12)3-5-9/h2-5,10-11H,6-7H2,1H3. The van der Waals surface area contributed by atoms with Crippen LogP contribution in [0.15, 0.2) is 28.7 Å². The van der Waals surface area contributed by atoms with E-state index in [1.54, 1.807) is 12.1 Å². The predicted octanol–water partition coefficient (Wildman–Crippen LogP) is 1.57. The van der Waals surface area contributed by atoms with Crippen molar-refractivity contribution in [3.63, 3.8) is 0 Å². The third-order valence-corrected chi connectivity index (χ3v) is 3.50. The fourth-order valence-electron chi connectivity index (χ4n) is 1.63. The molecule has 0 bridgehead atoms. The fourth-order valence-corrected chi connectivity index (χ4v) is 2.52. The van der Waals surface area contributed by atoms with Crippen LogP contribution < -0.4 is 4.74 Å². The third kappa shape index (κ3) is 3.94. The van der Waals surface area contributed by atoms with Gasteiger partial charge in [-0.15, -0.1) is 0 Å². The predicted molar refractivity (Wildman–Crippen MR) is 69.1 cm³/mol. The zero-order valence-corrected chi connectivity index (χ0v) is 12.1. The molecule has 5 nitrogen and oxygen atoms in total. The summed E-state index contributed by atoms with van der Waals surface area (Å²) in [5, 5.41) is 0. The maximum atomic E-state index is 11.1. The van der Waals surface area contributed by atoms with E-state index < -0.39 is 22.3 Å². The average Bonchev–Trinajstić information content (AvgIpc) is 2.67. The molecule has 1 fully saturated rings. The molecule has 2 unspecified atom stereocenters. The highest BCUT2D eigenvalue weighted by atomic mass is 79.9. The van der Waals surface area contributed by atoms with Crippen LogP contribution in [0.25, 0.3) is 0 Å². The van der Waals surface area contributed by atoms with Gasteiger partial charge in [0.05, 0.1) is 19.5 Å². The molecule has 0 spiro atoms. The van der Waals surface area contributed by atoms with Gasteiger partial charge in [0.15, 0.2) is 6.10 Å². The SMILES string of the molecule is CS(=O)(=O)OC1COCC1Oc1ccc(Br)cc1. The minimum Gasteiger partial charge on any atom is -0.485 e. The molecule has 7 heteroatoms. The van der Waals surface area contributed by atoms with Crippen LogP contribution in [-0.4, -0.2) is 40.1 Å². The number of benzene rings is 1. The first-order chi connectivity index (χ1) is 8.44. The lowest BCUT2D eigenvalue weighted by Crippen LogP contribution is -2.34. The Balaban J connectivity index is 2.01. The Labute approximate surface area is 114 Å². The Morgan fingerprint density at radius 1 is 1.22 bits per heavy atom. The molecule has 2 rings (SSSR count). The lowest BCUT2D eigenvalue weighted by Gasteiger charge is -2.18. The molecule has 18 heavy (non-hydrogen) atoms. The quantitative estimate of drug-likeness (QED) is 0.781. The van der Waals surface area contributed by atoms with Gasteiger partial charge >= 0.3 is 0 Å². The molecule has 2 atom stereocenters. The molecule has 0 radical (unpaired) electrons. The first-order valence-electron chi connectivity index (χ1n) is 5.32. The number of rotatable bonds is 4. The molecule has 0 saturated carbocycles. The van der Waals surface area contributed by atoms with Gasteiger partial charge in [0.25, 0.3) is 10.1 Å². The van der Waals surface area contributed by atoms with Crippen molar-refractivity contribution in [2.75, 3.05) is 19.5 Å². The van der Waals surface area contributed by atoms with E-state index in [1.807, 2.05) is 12.1 Å². The Hall–Kier alpha value is -0.630. The van der Waals surface area contributed by atoms with Crippen molar-refractivity contribution in [1.29, 1.82) is 0 Å². The second-order valence-electron chi connectivity index (χ2n) is 3.99. The zero-order chi connectivity index (χ0) is 13.2. The summed E-state index contributed by atoms with van der Waals surface area (Å²) in [6.07, 6.45) is 0.00620. The molecule has 1 aromatic rings. The molecule has 100 valence electrons. The van der Waals surface area contributed by atoms with Gasteiger partial charge in [-0.25, -0.2) is 0 Å². The van der Waals surface area contributed by atoms with Gasteiger partial charge in [-0.2, -0.15) is 8.42 Å². The third-order valence-electron chi connectivity index (χ3n) is 2.38. The van der Waals surface area contributed by atoms with Crippen LogP contribution in [-0.2, 0) is 19.0 Å². The van der Waals surface area contributed by atoms with E-state index in [2.05, 4.69) is 15.9 Å². The van der Waals surface area contributed by atoms with Crippen LogP contribution in [0.2, 0.25) is 0 Å². The summed E-state index contributed by atoms with van der Waals surface area (Å²) in [5.74, 6) is 0.649. The van der Waals surface area contributed by atoms with Crippen molar-refractivity contribution in [2.45, 2.75) is 12.2 Å². The van der Waals surface area contributed by atoms with E-state index in [9.17, 15) is 8.42 Å². The maximum Gasteiger partial charge on any atom is 0.264 e. The Morgan fingerprint density at radius 2 is 1.83 bits per heavy atom. The van der Waals surface area contributed by atoms with Crippen LogP contribution in [0.3, 0.4) is 0 Å². The molecule has 1 aromatic carbocycles. The molecule has 0 aromatic heterocycles. The van der Waals surface area contributed by atoms with Gasteiger partial charge < -0.3 is 9.47 Å². The minimum absolute atomic E-state index is 0.217. The normalized spacial score (nSPS) is 24.1. The summed E-state index contributed by atoms with van der Waals surface area (Å²) in [5.41, 5.74) is 0. The highest BCUT2D eigenvalue weighted by Gasteiger charge is 2.33. The number of hydrogen-bond acceptors (Lipinski definition) is 5. The summed E-state index contributed by atoms with van der Waals surface area (Å²) < 4.78 is 38.9. The van der Waals surface area contributed by atoms with Crippen molar-refractivity contribution >= 4 is 26.0 Å². The monoisotopic (exact) mass is 336 g/mol. The van der Waals surface area contributed by atoms with E-state index >= 15 is 0 Å². The van der Waals surface area contributed by atoms with Gasteiger partial charge in [0.2, 0.25) is 0 Å². The average molecular weight is 337 g/mol. The zero-order valence-electron chi connectivity index (χ0n) is 9.71. The molecule has 0 N–H and O–H groups in total. The first kappa shape index (κ1) is 13.8. The van der Waals surface area contributed by atoms with Crippen LogP contribution in [0.1, 0.15) is 0 Å². The Kier molecular flexibility index (Phi) is 4.26. The molecule has 1 heterocycles. The number of hydrogen-bond donors (Lipinski definition) is 0. The highest BCUT2D eigenvalue weighted by Crippen LogP contribution is 2.21. The van der Waals surface area contributed by atoms with E-state index in [0.717, 1.165) is 10.7 Å². The summed E-state index contributed by atoms with van der Waals surface area (Å²) in [6, 6.07) is 7.27. The topological polar surface area (TPSA) is 61.8 Å². The number of halogens is 1. The van der Waals surface area contributed by atoms with E-state index in [1.165, 1.54) is 0 Å². The Bertz CT molecular complexity index is 499. The van der Waals surface area contributed by atoms with Crippen LogP contribution in [0.4, 0.5) is 0 Å². The molecule has 1 aliphatic heterocycles. The molecule has 1 aliphatic rings. The maximum absolute atomic E-state index is 11.1. The van der Waals surface area contributed by atoms with Gasteiger partial charge in [-0.05, 0) is 24.3 Å². The van der Waals surface area contributed by atoms with Gasteiger partial charge in [0.1, 0.15) is 11.9 Å². The fraction of sp³-hybridized carbons (Fsp3) is 0.455. The van der Waals surface area contributed by atoms with Gasteiger partial charge in [-0.3, -0.25) is 4.18 Å². The summed E-state index contributed by atoms with van der Waals surface area (Å²) in [4.78, 5) is 0. The van der Waals surface area contributed by atoms with Crippen molar-refractivity contribution in [2.24, 2.45) is 0 Å². The Morgan fingerprint density at radius 3 is 2.44 bits per heavy atom. The first-order valence-corrected chi connectivity index (χ1v) is 7.93. The highest BCUT2D eigenvalue weighted by molar-refractivity contribution is 9.10. The van der Waals surface area contributed by atoms with Crippen molar-refractivity contribution in [3.05, 3.63) is 28.7 Å². The van der Waals surface area contributed by atoms with E-state index in [0.29, 0.717) is 12.4 Å². The largest absolute Gasteiger partial charge is 0.485 e. The van der Waals surface area contributed by atoms with Crippen molar-refractivity contribution < 1.29 is 22.1 Å². The second-order valence-corrected chi connectivity index (χ2v) is 6.50. The molecule has 0 aliphatic carbocycles. The summed E-state index contributed by atoms with van der Waals surface area (Å²) >= 11 is 3.33. The summed E-state index contributed by atoms with van der Waals surface area (Å²) in [6.45, 7) is 0.532. The van der Waals surface area contributed by atoms with Crippen LogP contribution in [0, 0.1) is 0 Å². The van der Waals surface area contributed by atoms with E-state index in [4.69, 9.17) is 13.7 Å². The van der Waals surface area contributed by atoms with Crippen molar-refractivity contribution in [1.82, 2.24) is 0 Å². The van der Waals surface area contributed by atoms with E-state index in [-0.39, 0.29) is 6.61 Å². The minimum atomic E-state index is -3.51. The van der Waals surface area contributed by atoms with Gasteiger partial charge in [0, 0.05) is 4.47 Å². The molecule has 1 saturated heterocycles. The van der Waals surface area contributed by atoms with Gasteiger partial charge in [-0.1, -0.05) is 15.9 Å². The second kappa shape index (κ2) is 5.56. The summed E-state index contributed by atoms with van der Waals surface area (Å²) in [7, 11) is -3.51. The lowest BCUT2D eigenvalue weighted by molar-refractivity contribution is 0.0967. The number of ether oxygens (including phenoxy) is 2. The van der Waals surface area contributed by atoms with Crippen LogP contribution in [0.5, 0.6) is 5.75 Å². The molecular formula is C11H13BrO5S.